The van der Waals surface area contributed by atoms with Crippen LogP contribution in [0.25, 0.3) is 0 Å². The molecule has 4 nitrogen and oxygen atoms in total. The number of rotatable bonds is 8. The van der Waals surface area contributed by atoms with Gasteiger partial charge < -0.3 is 15.8 Å². The van der Waals surface area contributed by atoms with Gasteiger partial charge in [0.15, 0.2) is 6.10 Å². The van der Waals surface area contributed by atoms with Gasteiger partial charge in [-0.15, -0.1) is 0 Å². The molecule has 1 aromatic rings. The van der Waals surface area contributed by atoms with Gasteiger partial charge in [-0.2, -0.15) is 0 Å². The van der Waals surface area contributed by atoms with E-state index in [1.807, 2.05) is 31.2 Å². The fraction of sp³-hybridized carbons (Fsp3) is 0.500. The van der Waals surface area contributed by atoms with Crippen LogP contribution in [-0.4, -0.2) is 18.6 Å². The quantitative estimate of drug-likeness (QED) is 0.692. The summed E-state index contributed by atoms with van der Waals surface area (Å²) in [6.45, 7) is 5.87. The van der Waals surface area contributed by atoms with Gasteiger partial charge in [0.25, 0.3) is 5.91 Å². The lowest BCUT2D eigenvalue weighted by Gasteiger charge is -2.14. The molecule has 0 bridgehead atoms. The highest BCUT2D eigenvalue weighted by atomic mass is 16.5. The Bertz CT molecular complexity index is 363. The van der Waals surface area contributed by atoms with Gasteiger partial charge in [0.05, 0.1) is 0 Å². The number of primary amides is 1. The minimum Gasteiger partial charge on any atom is -0.481 e. The van der Waals surface area contributed by atoms with Crippen molar-refractivity contribution in [2.24, 2.45) is 5.73 Å². The first-order chi connectivity index (χ1) is 8.67. The van der Waals surface area contributed by atoms with Crippen LogP contribution in [0.5, 0.6) is 5.75 Å². The first kappa shape index (κ1) is 14.5. The molecule has 18 heavy (non-hydrogen) atoms. The number of carbonyl (C=O) groups is 1. The van der Waals surface area contributed by atoms with Crippen LogP contribution in [0.2, 0.25) is 0 Å². The number of hydrogen-bond acceptors (Lipinski definition) is 3. The van der Waals surface area contributed by atoms with Gasteiger partial charge in [-0.05, 0) is 37.1 Å². The Kier molecular flexibility index (Phi) is 6.22. The minimum absolute atomic E-state index is 0.425. The number of amides is 1. The van der Waals surface area contributed by atoms with Crippen LogP contribution < -0.4 is 15.8 Å². The number of hydrogen-bond donors (Lipinski definition) is 2. The Hall–Kier alpha value is -1.55. The van der Waals surface area contributed by atoms with Gasteiger partial charge in [-0.3, -0.25) is 4.79 Å². The van der Waals surface area contributed by atoms with Crippen molar-refractivity contribution in [1.82, 2.24) is 5.32 Å². The maximum atomic E-state index is 11.1. The van der Waals surface area contributed by atoms with E-state index in [-0.39, 0.29) is 0 Å². The number of ether oxygens (including phenoxy) is 1. The Morgan fingerprint density at radius 1 is 1.33 bits per heavy atom. The van der Waals surface area contributed by atoms with Crippen molar-refractivity contribution in [3.63, 3.8) is 0 Å². The summed E-state index contributed by atoms with van der Waals surface area (Å²) in [5, 5.41) is 3.33. The molecule has 0 saturated heterocycles. The van der Waals surface area contributed by atoms with E-state index in [2.05, 4.69) is 12.2 Å². The maximum absolute atomic E-state index is 11.1. The summed E-state index contributed by atoms with van der Waals surface area (Å²) < 4.78 is 5.51. The lowest BCUT2D eigenvalue weighted by Crippen LogP contribution is -2.32. The predicted octanol–water partition coefficient (Wildman–Crippen LogP) is 1.83. The fourth-order valence-electron chi connectivity index (χ4n) is 1.60. The van der Waals surface area contributed by atoms with Gasteiger partial charge >= 0.3 is 0 Å². The molecule has 0 spiro atoms. The average Bonchev–Trinajstić information content (AvgIpc) is 2.37. The van der Waals surface area contributed by atoms with Crippen molar-refractivity contribution in [3.8, 4) is 5.75 Å². The normalized spacial score (nSPS) is 12.1. The van der Waals surface area contributed by atoms with E-state index in [1.165, 1.54) is 5.56 Å². The highest BCUT2D eigenvalue weighted by Gasteiger charge is 2.14. The second-order valence-corrected chi connectivity index (χ2v) is 4.24. The van der Waals surface area contributed by atoms with Crippen LogP contribution in [0, 0.1) is 0 Å². The molecule has 0 fully saturated rings. The number of nitrogens with one attached hydrogen (secondary N) is 1. The second-order valence-electron chi connectivity index (χ2n) is 4.24. The zero-order chi connectivity index (χ0) is 13.4. The molecule has 0 saturated carbocycles. The van der Waals surface area contributed by atoms with Crippen molar-refractivity contribution in [3.05, 3.63) is 29.8 Å². The molecule has 100 valence electrons. The lowest BCUT2D eigenvalue weighted by atomic mass is 10.2. The average molecular weight is 250 g/mol. The van der Waals surface area contributed by atoms with Crippen molar-refractivity contribution < 1.29 is 9.53 Å². The molecular formula is C14H22N2O2. The summed E-state index contributed by atoms with van der Waals surface area (Å²) in [6, 6.07) is 7.72. The fourth-order valence-corrected chi connectivity index (χ4v) is 1.60. The summed E-state index contributed by atoms with van der Waals surface area (Å²) in [7, 11) is 0. The number of nitrogens with two attached hydrogens (primary N) is 1. The van der Waals surface area contributed by atoms with Gasteiger partial charge in [0, 0.05) is 6.54 Å². The summed E-state index contributed by atoms with van der Waals surface area (Å²) in [5.74, 6) is 0.256. The van der Waals surface area contributed by atoms with Crippen LogP contribution in [-0.2, 0) is 11.3 Å². The smallest absolute Gasteiger partial charge is 0.258 e. The molecule has 4 heteroatoms. The lowest BCUT2D eigenvalue weighted by molar-refractivity contribution is -0.124. The first-order valence-electron chi connectivity index (χ1n) is 6.43. The molecule has 1 atom stereocenters. The zero-order valence-electron chi connectivity index (χ0n) is 11.1. The largest absolute Gasteiger partial charge is 0.481 e. The van der Waals surface area contributed by atoms with Crippen molar-refractivity contribution in [1.29, 1.82) is 0 Å². The summed E-state index contributed by atoms with van der Waals surface area (Å²) in [5.41, 5.74) is 6.43. The molecule has 0 heterocycles. The van der Waals surface area contributed by atoms with Gasteiger partial charge in [-0.25, -0.2) is 0 Å². The minimum atomic E-state index is -0.547. The molecule has 1 amide bonds. The molecule has 0 aliphatic carbocycles. The van der Waals surface area contributed by atoms with Gasteiger partial charge in [0.2, 0.25) is 0 Å². The van der Waals surface area contributed by atoms with E-state index in [0.717, 1.165) is 19.5 Å². The zero-order valence-corrected chi connectivity index (χ0v) is 11.1. The third kappa shape index (κ3) is 4.75. The monoisotopic (exact) mass is 250 g/mol. The summed E-state index contributed by atoms with van der Waals surface area (Å²) in [4.78, 5) is 11.1. The van der Waals surface area contributed by atoms with E-state index in [9.17, 15) is 4.79 Å². The molecule has 0 aliphatic rings. The van der Waals surface area contributed by atoms with Crippen LogP contribution in [0.4, 0.5) is 0 Å². The van der Waals surface area contributed by atoms with Crippen LogP contribution >= 0.6 is 0 Å². The first-order valence-corrected chi connectivity index (χ1v) is 6.43. The Labute approximate surface area is 109 Å². The molecular weight excluding hydrogens is 228 g/mol. The van der Waals surface area contributed by atoms with E-state index in [1.54, 1.807) is 0 Å². The number of benzene rings is 1. The number of carbonyl (C=O) groups excluding carboxylic acids is 1. The molecule has 3 N–H and O–H groups in total. The molecule has 1 unspecified atom stereocenters. The molecule has 0 aliphatic heterocycles. The predicted molar refractivity (Wildman–Crippen MR) is 72.3 cm³/mol. The van der Waals surface area contributed by atoms with Crippen LogP contribution in [0.3, 0.4) is 0 Å². The van der Waals surface area contributed by atoms with E-state index in [4.69, 9.17) is 10.5 Å². The highest BCUT2D eigenvalue weighted by Crippen LogP contribution is 2.14. The van der Waals surface area contributed by atoms with Crippen molar-refractivity contribution in [2.75, 3.05) is 6.54 Å². The Morgan fingerprint density at radius 3 is 2.50 bits per heavy atom. The van der Waals surface area contributed by atoms with Gasteiger partial charge in [-0.1, -0.05) is 26.0 Å². The second kappa shape index (κ2) is 7.71. The van der Waals surface area contributed by atoms with Crippen molar-refractivity contribution >= 4 is 5.91 Å². The maximum Gasteiger partial charge on any atom is 0.258 e. The molecule has 1 aromatic carbocycles. The Morgan fingerprint density at radius 2 is 2.00 bits per heavy atom. The van der Waals surface area contributed by atoms with E-state index < -0.39 is 12.0 Å². The SMILES string of the molecule is CCCNCc1ccc(OC(CC)C(N)=O)cc1. The highest BCUT2D eigenvalue weighted by molar-refractivity contribution is 5.79. The molecule has 0 aromatic heterocycles. The third-order valence-corrected chi connectivity index (χ3v) is 2.65. The molecule has 0 radical (unpaired) electrons. The summed E-state index contributed by atoms with van der Waals surface area (Å²) >= 11 is 0. The van der Waals surface area contributed by atoms with Crippen molar-refractivity contribution in [2.45, 2.75) is 39.3 Å². The summed E-state index contributed by atoms with van der Waals surface area (Å²) in [6.07, 6.45) is 1.15. The van der Waals surface area contributed by atoms with Gasteiger partial charge in [0.1, 0.15) is 5.75 Å². The molecule has 1 rings (SSSR count). The standard InChI is InChI=1S/C14H22N2O2/c1-3-9-16-10-11-5-7-12(8-6-11)18-13(4-2)14(15)17/h5-8,13,16H,3-4,9-10H2,1-2H3,(H2,15,17). The Balaban J connectivity index is 2.51. The van der Waals surface area contributed by atoms with Crippen LogP contribution in [0.15, 0.2) is 24.3 Å². The van der Waals surface area contributed by atoms with E-state index in [0.29, 0.717) is 12.2 Å². The van der Waals surface area contributed by atoms with Crippen LogP contribution in [0.1, 0.15) is 32.3 Å². The van der Waals surface area contributed by atoms with E-state index >= 15 is 0 Å². The third-order valence-electron chi connectivity index (χ3n) is 2.65. The topological polar surface area (TPSA) is 64.3 Å².